The first-order valence-corrected chi connectivity index (χ1v) is 3.85. The molecule has 0 aliphatic carbocycles. The van der Waals surface area contributed by atoms with Crippen molar-refractivity contribution in [1.29, 1.82) is 0 Å². The Labute approximate surface area is 44.9 Å². The summed E-state index contributed by atoms with van der Waals surface area (Å²) in [6, 6.07) is 0. The minimum absolute atomic E-state index is 0.00926. The molecule has 0 aliphatic rings. The Hall–Kier alpha value is 0.470. The molecular formula is C3H7ClOS. The first kappa shape index (κ1) is 6.47. The third-order valence-electron chi connectivity index (χ3n) is 0.337. The number of rotatable bonds is 0. The van der Waals surface area contributed by atoms with Crippen molar-refractivity contribution in [3.63, 3.8) is 0 Å². The summed E-state index contributed by atoms with van der Waals surface area (Å²) in [5.41, 5.74) is 0. The highest BCUT2D eigenvalue weighted by Gasteiger charge is 1.79. The van der Waals surface area contributed by atoms with Gasteiger partial charge in [-0.2, -0.15) is 10.5 Å². The van der Waals surface area contributed by atoms with Gasteiger partial charge in [0.2, 0.25) is 0 Å². The number of aliphatic hydroxyl groups is 1. The van der Waals surface area contributed by atoms with Gasteiger partial charge in [0.25, 0.3) is 0 Å². The molecular weight excluding hydrogens is 120 g/mol. The Balaban J connectivity index is 3.68. The highest BCUT2D eigenvalue weighted by molar-refractivity contribution is 8.16. The minimum Gasteiger partial charge on any atom is -0.346 e. The lowest BCUT2D eigenvalue weighted by atomic mass is 11.7. The number of aliphatic hydroxyl groups excluding tert-OH is 1. The maximum Gasteiger partial charge on any atom is 0.164 e. The monoisotopic (exact) mass is 126 g/mol. The minimum atomic E-state index is -0.130. The second-order valence-electron chi connectivity index (χ2n) is 1.07. The zero-order valence-electron chi connectivity index (χ0n) is 3.73. The fourth-order valence-electron chi connectivity index (χ4n) is 0. The zero-order valence-corrected chi connectivity index (χ0v) is 5.31. The molecule has 0 bridgehead atoms. The van der Waals surface area contributed by atoms with Crippen molar-refractivity contribution in [2.45, 2.75) is 0 Å². The quantitative estimate of drug-likeness (QED) is 0.384. The fraction of sp³-hybridized carbons (Fsp3) is 0.667. The molecule has 0 saturated carbocycles. The Morgan fingerprint density at radius 2 is 1.83 bits per heavy atom. The van der Waals surface area contributed by atoms with Crippen LogP contribution in [0.15, 0.2) is 0 Å². The van der Waals surface area contributed by atoms with Crippen molar-refractivity contribution in [2.75, 3.05) is 12.5 Å². The predicted octanol–water partition coefficient (Wildman–Crippen LogP) is 1.40. The van der Waals surface area contributed by atoms with E-state index in [-0.39, 0.29) is 15.0 Å². The molecule has 0 aliphatic heterocycles. The topological polar surface area (TPSA) is 20.2 Å². The molecule has 3 heteroatoms. The van der Waals surface area contributed by atoms with E-state index in [0.29, 0.717) is 0 Å². The van der Waals surface area contributed by atoms with Gasteiger partial charge in [-0.15, -0.1) is 0 Å². The van der Waals surface area contributed by atoms with Gasteiger partial charge in [0.1, 0.15) is 0 Å². The molecule has 0 saturated heterocycles. The van der Waals surface area contributed by atoms with E-state index >= 15 is 0 Å². The van der Waals surface area contributed by atoms with Crippen molar-refractivity contribution in [1.82, 2.24) is 0 Å². The maximum absolute atomic E-state index is 8.32. The molecule has 0 atom stereocenters. The summed E-state index contributed by atoms with van der Waals surface area (Å²) in [4.78, 5) is 0. The zero-order chi connectivity index (χ0) is 5.15. The summed E-state index contributed by atoms with van der Waals surface area (Å²) < 4.78 is 0.00926. The van der Waals surface area contributed by atoms with Crippen LogP contribution in [0.3, 0.4) is 0 Å². The standard InChI is InChI=1S/C3H7ClOS/c1-6(2)3(4)5/h5H,1-2H3. The lowest BCUT2D eigenvalue weighted by Gasteiger charge is -1.86. The third-order valence-corrected chi connectivity index (χ3v) is 1.94. The molecule has 6 heavy (non-hydrogen) atoms. The van der Waals surface area contributed by atoms with Crippen LogP contribution in [0.1, 0.15) is 0 Å². The van der Waals surface area contributed by atoms with Crippen LogP contribution in [0.4, 0.5) is 0 Å². The van der Waals surface area contributed by atoms with Crippen molar-refractivity contribution in [3.8, 4) is 0 Å². The van der Waals surface area contributed by atoms with E-state index in [1.165, 1.54) is 0 Å². The van der Waals surface area contributed by atoms with Crippen molar-refractivity contribution in [2.24, 2.45) is 0 Å². The summed E-state index contributed by atoms with van der Waals surface area (Å²) in [5, 5.41) is 8.32. The molecule has 0 spiro atoms. The van der Waals surface area contributed by atoms with E-state index in [1.54, 1.807) is 0 Å². The van der Waals surface area contributed by atoms with E-state index in [1.807, 2.05) is 12.5 Å². The van der Waals surface area contributed by atoms with Gasteiger partial charge in [0, 0.05) is 0 Å². The van der Waals surface area contributed by atoms with Crippen LogP contribution in [0.5, 0.6) is 0 Å². The molecule has 0 aromatic carbocycles. The molecule has 0 rings (SSSR count). The Morgan fingerprint density at radius 1 is 1.67 bits per heavy atom. The highest BCUT2D eigenvalue weighted by atomic mass is 35.5. The van der Waals surface area contributed by atoms with E-state index < -0.39 is 0 Å². The van der Waals surface area contributed by atoms with Crippen LogP contribution in [-0.2, 0) is 0 Å². The lowest BCUT2D eigenvalue weighted by Crippen LogP contribution is -1.78. The fourth-order valence-corrected chi connectivity index (χ4v) is 0. The molecule has 1 nitrogen and oxygen atoms in total. The Morgan fingerprint density at radius 3 is 1.83 bits per heavy atom. The van der Waals surface area contributed by atoms with Gasteiger partial charge in [-0.3, -0.25) is 0 Å². The smallest absolute Gasteiger partial charge is 0.164 e. The summed E-state index contributed by atoms with van der Waals surface area (Å²) in [6.07, 6.45) is 3.70. The first-order valence-electron chi connectivity index (χ1n) is 1.43. The Kier molecular flexibility index (Phi) is 2.82. The average Bonchev–Trinajstić information content (AvgIpc) is 1.36. The van der Waals surface area contributed by atoms with E-state index in [2.05, 4.69) is 0 Å². The third kappa shape index (κ3) is 2.69. The maximum atomic E-state index is 8.32. The van der Waals surface area contributed by atoms with Gasteiger partial charge < -0.3 is 5.11 Å². The number of hydrogen-bond acceptors (Lipinski definition) is 0. The van der Waals surface area contributed by atoms with E-state index in [0.717, 1.165) is 0 Å². The molecule has 0 unspecified atom stereocenters. The average molecular weight is 127 g/mol. The van der Waals surface area contributed by atoms with Crippen LogP contribution in [0.25, 0.3) is 0 Å². The van der Waals surface area contributed by atoms with E-state index in [9.17, 15) is 0 Å². The summed E-state index contributed by atoms with van der Waals surface area (Å²) in [6.45, 7) is 0. The molecule has 0 heterocycles. The van der Waals surface area contributed by atoms with Crippen LogP contribution in [-0.4, -0.2) is 22.1 Å². The van der Waals surface area contributed by atoms with Crippen LogP contribution in [0, 0.1) is 0 Å². The van der Waals surface area contributed by atoms with Gasteiger partial charge in [0.15, 0.2) is 4.51 Å². The highest BCUT2D eigenvalue weighted by Crippen LogP contribution is 2.01. The second kappa shape index (κ2) is 2.61. The predicted molar refractivity (Wildman–Crippen MR) is 32.9 cm³/mol. The molecule has 0 radical (unpaired) electrons. The summed E-state index contributed by atoms with van der Waals surface area (Å²) >= 11 is 5.10. The number of hydrogen-bond donors (Lipinski definition) is 1. The van der Waals surface area contributed by atoms with Gasteiger partial charge in [-0.05, 0) is 12.5 Å². The van der Waals surface area contributed by atoms with Gasteiger partial charge >= 0.3 is 0 Å². The van der Waals surface area contributed by atoms with Crippen molar-refractivity contribution >= 4 is 26.6 Å². The van der Waals surface area contributed by atoms with Crippen LogP contribution < -0.4 is 0 Å². The van der Waals surface area contributed by atoms with Crippen molar-refractivity contribution < 1.29 is 5.11 Å². The normalized spacial score (nSPS) is 9.50. The van der Waals surface area contributed by atoms with Gasteiger partial charge in [0.05, 0.1) is 0 Å². The molecule has 0 amide bonds. The SMILES string of the molecule is CS(C)=C(O)Cl. The number of halogens is 1. The van der Waals surface area contributed by atoms with Crippen LogP contribution in [0.2, 0.25) is 0 Å². The molecule has 0 fully saturated rings. The van der Waals surface area contributed by atoms with Gasteiger partial charge in [-0.1, -0.05) is 11.6 Å². The van der Waals surface area contributed by atoms with Crippen molar-refractivity contribution in [3.05, 3.63) is 0 Å². The lowest BCUT2D eigenvalue weighted by molar-refractivity contribution is 0.583. The Bertz CT molecular complexity index is 60.9. The van der Waals surface area contributed by atoms with E-state index in [4.69, 9.17) is 16.7 Å². The molecule has 38 valence electrons. The summed E-state index contributed by atoms with van der Waals surface area (Å²) in [5.74, 6) is 0. The van der Waals surface area contributed by atoms with Gasteiger partial charge in [-0.25, -0.2) is 0 Å². The largest absolute Gasteiger partial charge is 0.346 e. The molecule has 0 aromatic heterocycles. The van der Waals surface area contributed by atoms with Crippen LogP contribution >= 0.6 is 22.1 Å². The molecule has 1 N–H and O–H groups in total. The molecule has 0 aromatic rings. The summed E-state index contributed by atoms with van der Waals surface area (Å²) in [7, 11) is -0.130. The first-order chi connectivity index (χ1) is 2.64. The second-order valence-corrected chi connectivity index (χ2v) is 3.67.